The van der Waals surface area contributed by atoms with Crippen molar-refractivity contribution >= 4 is 5.97 Å². The molecule has 0 bridgehead atoms. The molecule has 3 rings (SSSR count). The molecule has 21 heavy (non-hydrogen) atoms. The van der Waals surface area contributed by atoms with E-state index in [1.807, 2.05) is 20.8 Å². The lowest BCUT2D eigenvalue weighted by molar-refractivity contribution is -0.507. The van der Waals surface area contributed by atoms with Gasteiger partial charge in [-0.3, -0.25) is 14.9 Å². The Labute approximate surface area is 125 Å². The molecule has 118 valence electrons. The van der Waals surface area contributed by atoms with E-state index in [2.05, 4.69) is 0 Å². The van der Waals surface area contributed by atoms with E-state index in [0.717, 1.165) is 12.8 Å². The highest BCUT2D eigenvalue weighted by molar-refractivity contribution is 5.71. The summed E-state index contributed by atoms with van der Waals surface area (Å²) in [7, 11) is 0. The molecule has 0 heterocycles. The van der Waals surface area contributed by atoms with Gasteiger partial charge in [-0.25, -0.2) is 0 Å². The molecule has 5 nitrogen and oxygen atoms in total. The fourth-order valence-electron chi connectivity index (χ4n) is 4.81. The first-order valence-corrected chi connectivity index (χ1v) is 7.97. The quantitative estimate of drug-likeness (QED) is 0.454. The number of fused-ring (bicyclic) bond motifs is 1. The van der Waals surface area contributed by atoms with Gasteiger partial charge in [0.2, 0.25) is 6.54 Å². The molecule has 0 radical (unpaired) electrons. The number of carbonyl (C=O) groups is 1. The van der Waals surface area contributed by atoms with Crippen LogP contribution in [0.25, 0.3) is 0 Å². The molecule has 3 atom stereocenters. The van der Waals surface area contributed by atoms with Crippen LogP contribution in [0.1, 0.15) is 59.3 Å². The van der Waals surface area contributed by atoms with E-state index in [9.17, 15) is 14.9 Å². The third-order valence-electron chi connectivity index (χ3n) is 5.69. The number of ether oxygens (including phenoxy) is 1. The van der Waals surface area contributed by atoms with E-state index >= 15 is 0 Å². The first-order chi connectivity index (χ1) is 9.63. The van der Waals surface area contributed by atoms with Gasteiger partial charge in [0.25, 0.3) is 0 Å². The zero-order valence-corrected chi connectivity index (χ0v) is 13.2. The third kappa shape index (κ3) is 2.79. The van der Waals surface area contributed by atoms with Crippen LogP contribution in [-0.4, -0.2) is 23.0 Å². The van der Waals surface area contributed by atoms with E-state index < -0.39 is 11.0 Å². The van der Waals surface area contributed by atoms with E-state index in [0.29, 0.717) is 17.3 Å². The summed E-state index contributed by atoms with van der Waals surface area (Å²) in [6.07, 6.45) is 5.92. The van der Waals surface area contributed by atoms with Crippen molar-refractivity contribution in [3.8, 4) is 0 Å². The van der Waals surface area contributed by atoms with E-state index in [-0.39, 0.29) is 23.9 Å². The van der Waals surface area contributed by atoms with Crippen molar-refractivity contribution in [3.05, 3.63) is 10.1 Å². The van der Waals surface area contributed by atoms with Gasteiger partial charge in [0.1, 0.15) is 5.60 Å². The Morgan fingerprint density at radius 3 is 2.48 bits per heavy atom. The van der Waals surface area contributed by atoms with Crippen molar-refractivity contribution < 1.29 is 14.5 Å². The summed E-state index contributed by atoms with van der Waals surface area (Å²) in [5, 5.41) is 11.1. The Bertz CT molecular complexity index is 477. The predicted molar refractivity (Wildman–Crippen MR) is 77.3 cm³/mol. The van der Waals surface area contributed by atoms with Crippen LogP contribution in [-0.2, 0) is 9.53 Å². The second kappa shape index (κ2) is 4.43. The Hall–Kier alpha value is -1.13. The van der Waals surface area contributed by atoms with E-state index in [4.69, 9.17) is 4.74 Å². The van der Waals surface area contributed by atoms with Crippen molar-refractivity contribution in [3.63, 3.8) is 0 Å². The SMILES string of the molecule is CC(C)(C)OC(=O)C[C@]1(C[N+](=O)[O-])C[C@@H]2CC3(CC3)C[C@@H]21. The van der Waals surface area contributed by atoms with Gasteiger partial charge < -0.3 is 4.74 Å². The van der Waals surface area contributed by atoms with Crippen LogP contribution in [0.3, 0.4) is 0 Å². The molecule has 3 aliphatic carbocycles. The molecular weight excluding hydrogens is 270 g/mol. The minimum Gasteiger partial charge on any atom is -0.460 e. The molecule has 3 fully saturated rings. The maximum absolute atomic E-state index is 12.2. The molecule has 0 saturated heterocycles. The van der Waals surface area contributed by atoms with Gasteiger partial charge in [-0.1, -0.05) is 0 Å². The van der Waals surface area contributed by atoms with Crippen molar-refractivity contribution in [1.82, 2.24) is 0 Å². The smallest absolute Gasteiger partial charge is 0.307 e. The molecule has 0 unspecified atom stereocenters. The number of nitro groups is 1. The minimum absolute atomic E-state index is 0.0799. The monoisotopic (exact) mass is 295 g/mol. The van der Waals surface area contributed by atoms with Gasteiger partial charge in [-0.05, 0) is 70.1 Å². The van der Waals surface area contributed by atoms with Crippen LogP contribution in [0.4, 0.5) is 0 Å². The first-order valence-electron chi connectivity index (χ1n) is 7.97. The van der Waals surface area contributed by atoms with Crippen molar-refractivity contribution in [1.29, 1.82) is 0 Å². The molecular formula is C16H25NO4. The molecule has 0 aromatic carbocycles. The van der Waals surface area contributed by atoms with Crippen molar-refractivity contribution in [2.45, 2.75) is 64.9 Å². The second-order valence-electron chi connectivity index (χ2n) is 8.60. The van der Waals surface area contributed by atoms with Gasteiger partial charge in [0.15, 0.2) is 0 Å². The van der Waals surface area contributed by atoms with Crippen molar-refractivity contribution in [2.24, 2.45) is 22.7 Å². The molecule has 5 heteroatoms. The maximum atomic E-state index is 12.2. The number of nitrogens with zero attached hydrogens (tertiary/aromatic N) is 1. The highest BCUT2D eigenvalue weighted by atomic mass is 16.6. The lowest BCUT2D eigenvalue weighted by Crippen LogP contribution is -2.51. The number of carbonyl (C=O) groups excluding carboxylic acids is 1. The molecule has 3 aliphatic rings. The topological polar surface area (TPSA) is 69.4 Å². The highest BCUT2D eigenvalue weighted by Crippen LogP contribution is 2.72. The van der Waals surface area contributed by atoms with Crippen LogP contribution in [0.5, 0.6) is 0 Å². The number of hydrogen-bond donors (Lipinski definition) is 0. The Morgan fingerprint density at radius 2 is 1.95 bits per heavy atom. The standard InChI is InChI=1S/C16H25NO4/c1-14(2,3)21-13(18)9-16(10-17(19)20)7-11-6-15(4-5-15)8-12(11)16/h11-12H,4-10H2,1-3H3/t11-,12-,16-/m0/s1. The van der Waals surface area contributed by atoms with Gasteiger partial charge in [0.05, 0.1) is 6.42 Å². The maximum Gasteiger partial charge on any atom is 0.307 e. The van der Waals surface area contributed by atoms with Crippen LogP contribution in [0.15, 0.2) is 0 Å². The first kappa shape index (κ1) is 14.8. The van der Waals surface area contributed by atoms with Gasteiger partial charge in [-0.2, -0.15) is 0 Å². The van der Waals surface area contributed by atoms with E-state index in [1.165, 1.54) is 19.3 Å². The predicted octanol–water partition coefficient (Wildman–Crippen LogP) is 3.19. The summed E-state index contributed by atoms with van der Waals surface area (Å²) < 4.78 is 5.41. The minimum atomic E-state index is -0.524. The average Bonchev–Trinajstić information content (AvgIpc) is 2.94. The van der Waals surface area contributed by atoms with Crippen LogP contribution in [0, 0.1) is 32.8 Å². The normalized spacial score (nSPS) is 36.0. The molecule has 0 aromatic rings. The van der Waals surface area contributed by atoms with Crippen molar-refractivity contribution in [2.75, 3.05) is 6.54 Å². The van der Waals surface area contributed by atoms with Crippen LogP contribution >= 0.6 is 0 Å². The average molecular weight is 295 g/mol. The molecule has 0 aromatic heterocycles. The molecule has 0 N–H and O–H groups in total. The Balaban J connectivity index is 1.70. The zero-order valence-electron chi connectivity index (χ0n) is 13.2. The zero-order chi connectivity index (χ0) is 15.5. The summed E-state index contributed by atoms with van der Waals surface area (Å²) in [5.41, 5.74) is -0.479. The summed E-state index contributed by atoms with van der Waals surface area (Å²) in [4.78, 5) is 23.0. The molecule has 3 saturated carbocycles. The molecule has 1 spiro atoms. The largest absolute Gasteiger partial charge is 0.460 e. The van der Waals surface area contributed by atoms with Crippen LogP contribution in [0.2, 0.25) is 0 Å². The summed E-state index contributed by atoms with van der Waals surface area (Å²) in [6, 6.07) is 0. The number of esters is 1. The third-order valence-corrected chi connectivity index (χ3v) is 5.69. The van der Waals surface area contributed by atoms with Gasteiger partial charge in [0, 0.05) is 10.3 Å². The highest BCUT2D eigenvalue weighted by Gasteiger charge is 2.66. The fourth-order valence-corrected chi connectivity index (χ4v) is 4.81. The number of hydrogen-bond acceptors (Lipinski definition) is 4. The van der Waals surface area contributed by atoms with Crippen LogP contribution < -0.4 is 0 Å². The fraction of sp³-hybridized carbons (Fsp3) is 0.938. The number of rotatable bonds is 4. The molecule has 0 aliphatic heterocycles. The van der Waals surface area contributed by atoms with Gasteiger partial charge in [-0.15, -0.1) is 0 Å². The lowest BCUT2D eigenvalue weighted by atomic mass is 9.53. The lowest BCUT2D eigenvalue weighted by Gasteiger charge is -2.49. The molecule has 0 amide bonds. The summed E-state index contributed by atoms with van der Waals surface area (Å²) >= 11 is 0. The summed E-state index contributed by atoms with van der Waals surface area (Å²) in [5.74, 6) is 0.687. The Kier molecular flexibility index (Phi) is 3.12. The summed E-state index contributed by atoms with van der Waals surface area (Å²) in [6.45, 7) is 5.43. The second-order valence-corrected chi connectivity index (χ2v) is 8.60. The Morgan fingerprint density at radius 1 is 1.29 bits per heavy atom. The van der Waals surface area contributed by atoms with Gasteiger partial charge >= 0.3 is 5.97 Å². The van der Waals surface area contributed by atoms with E-state index in [1.54, 1.807) is 0 Å².